The number of anilines is 1. The van der Waals surface area contributed by atoms with Gasteiger partial charge in [-0.1, -0.05) is 30.3 Å². The van der Waals surface area contributed by atoms with Crippen LogP contribution in [0.15, 0.2) is 71.1 Å². The van der Waals surface area contributed by atoms with Gasteiger partial charge >= 0.3 is 0 Å². The highest BCUT2D eigenvalue weighted by Crippen LogP contribution is 2.14. The molecule has 0 aliphatic rings. The van der Waals surface area contributed by atoms with Crippen molar-refractivity contribution in [1.82, 2.24) is 9.55 Å². The summed E-state index contributed by atoms with van der Waals surface area (Å²) in [7, 11) is 0. The minimum Gasteiger partial charge on any atom is -0.507 e. The summed E-state index contributed by atoms with van der Waals surface area (Å²) < 4.78 is 1.46. The fourth-order valence-electron chi connectivity index (χ4n) is 2.31. The van der Waals surface area contributed by atoms with E-state index in [-0.39, 0.29) is 11.3 Å². The first kappa shape index (κ1) is 15.5. The molecule has 1 heterocycles. The normalized spacial score (nSPS) is 11.0. The molecule has 3 aromatic rings. The van der Waals surface area contributed by atoms with Gasteiger partial charge < -0.3 is 5.11 Å². The van der Waals surface area contributed by atoms with E-state index in [2.05, 4.69) is 22.1 Å². The van der Waals surface area contributed by atoms with Crippen LogP contribution >= 0.6 is 0 Å². The zero-order valence-electron chi connectivity index (χ0n) is 12.9. The van der Waals surface area contributed by atoms with Gasteiger partial charge in [0.15, 0.2) is 0 Å². The molecule has 6 heteroatoms. The molecule has 6 nitrogen and oxygen atoms in total. The van der Waals surface area contributed by atoms with Gasteiger partial charge in [-0.05, 0) is 24.3 Å². The molecular formula is C18H16N4O2. The van der Waals surface area contributed by atoms with E-state index in [0.29, 0.717) is 29.0 Å². The molecule has 0 bridgehead atoms. The van der Waals surface area contributed by atoms with E-state index in [1.165, 1.54) is 10.8 Å². The Morgan fingerprint density at radius 1 is 1.21 bits per heavy atom. The summed E-state index contributed by atoms with van der Waals surface area (Å²) in [5.41, 5.74) is 3.75. The van der Waals surface area contributed by atoms with Gasteiger partial charge in [-0.3, -0.25) is 9.36 Å². The molecule has 0 spiro atoms. The van der Waals surface area contributed by atoms with Crippen molar-refractivity contribution in [3.05, 3.63) is 77.1 Å². The Balaban J connectivity index is 1.99. The van der Waals surface area contributed by atoms with Crippen LogP contribution in [0.5, 0.6) is 5.75 Å². The second-order valence-electron chi connectivity index (χ2n) is 5.09. The number of fused-ring (bicyclic) bond motifs is 1. The number of benzene rings is 2. The molecule has 0 saturated heterocycles. The number of rotatable bonds is 5. The molecule has 2 N–H and O–H groups in total. The predicted octanol–water partition coefficient (Wildman–Crippen LogP) is 2.73. The number of hydrogen-bond acceptors (Lipinski definition) is 5. The Kier molecular flexibility index (Phi) is 4.38. The summed E-state index contributed by atoms with van der Waals surface area (Å²) in [5.74, 6) is 0.434. The lowest BCUT2D eigenvalue weighted by Crippen LogP contribution is -2.23. The van der Waals surface area contributed by atoms with Crippen LogP contribution in [0.3, 0.4) is 0 Å². The largest absolute Gasteiger partial charge is 0.507 e. The van der Waals surface area contributed by atoms with Gasteiger partial charge in [-0.25, -0.2) is 10.4 Å². The Bertz CT molecular complexity index is 976. The first-order valence-corrected chi connectivity index (χ1v) is 7.38. The quantitative estimate of drug-likeness (QED) is 0.430. The number of aromatic nitrogens is 2. The standard InChI is InChI=1S/C18H16N4O2/c1-2-11-22-17(24)14-8-4-5-9-15(14)20-18(22)21-19-12-13-7-3-6-10-16(13)23/h2-10,12,23H,1,11H2,(H,20,21)/b19-12-. The Labute approximate surface area is 138 Å². The maximum absolute atomic E-state index is 12.6. The van der Waals surface area contributed by atoms with Crippen LogP contribution in [0.2, 0.25) is 0 Å². The van der Waals surface area contributed by atoms with Crippen molar-refractivity contribution in [3.8, 4) is 5.75 Å². The fraction of sp³-hybridized carbons (Fsp3) is 0.0556. The summed E-state index contributed by atoms with van der Waals surface area (Å²) >= 11 is 0. The molecule has 0 atom stereocenters. The molecule has 24 heavy (non-hydrogen) atoms. The second-order valence-corrected chi connectivity index (χ2v) is 5.09. The molecule has 1 aromatic heterocycles. The average Bonchev–Trinajstić information content (AvgIpc) is 2.60. The van der Waals surface area contributed by atoms with Crippen molar-refractivity contribution < 1.29 is 5.11 Å². The lowest BCUT2D eigenvalue weighted by molar-refractivity contribution is 0.474. The molecule has 2 aromatic carbocycles. The number of nitrogens with zero attached hydrogens (tertiary/aromatic N) is 3. The van der Waals surface area contributed by atoms with Crippen molar-refractivity contribution in [3.63, 3.8) is 0 Å². The SMILES string of the molecule is C=CCn1c(N/N=C\c2ccccc2O)nc2ccccc2c1=O. The lowest BCUT2D eigenvalue weighted by atomic mass is 10.2. The zero-order valence-corrected chi connectivity index (χ0v) is 12.9. The Hall–Kier alpha value is -3.41. The lowest BCUT2D eigenvalue weighted by Gasteiger charge is -2.10. The van der Waals surface area contributed by atoms with Crippen LogP contribution in [0.25, 0.3) is 10.9 Å². The van der Waals surface area contributed by atoms with Crippen molar-refractivity contribution in [2.24, 2.45) is 5.10 Å². The highest BCUT2D eigenvalue weighted by atomic mass is 16.3. The number of phenols is 1. The van der Waals surface area contributed by atoms with E-state index >= 15 is 0 Å². The minimum atomic E-state index is -0.166. The molecule has 0 fully saturated rings. The molecular weight excluding hydrogens is 304 g/mol. The van der Waals surface area contributed by atoms with Gasteiger partial charge in [-0.15, -0.1) is 6.58 Å². The van der Waals surface area contributed by atoms with Gasteiger partial charge in [0.05, 0.1) is 17.1 Å². The van der Waals surface area contributed by atoms with Crippen LogP contribution in [-0.2, 0) is 6.54 Å². The molecule has 120 valence electrons. The summed E-state index contributed by atoms with van der Waals surface area (Å²) in [4.78, 5) is 17.0. The summed E-state index contributed by atoms with van der Waals surface area (Å²) in [6, 6.07) is 13.9. The van der Waals surface area contributed by atoms with Crippen LogP contribution in [0.1, 0.15) is 5.56 Å². The second kappa shape index (κ2) is 6.78. The van der Waals surface area contributed by atoms with E-state index < -0.39 is 0 Å². The summed E-state index contributed by atoms with van der Waals surface area (Å²) in [6.45, 7) is 3.98. The number of nitrogens with one attached hydrogen (secondary N) is 1. The third-order valence-corrected chi connectivity index (χ3v) is 3.48. The highest BCUT2D eigenvalue weighted by molar-refractivity contribution is 5.84. The molecule has 0 saturated carbocycles. The molecule has 0 unspecified atom stereocenters. The van der Waals surface area contributed by atoms with Crippen LogP contribution in [0, 0.1) is 0 Å². The van der Waals surface area contributed by atoms with Crippen molar-refractivity contribution >= 4 is 23.1 Å². The number of aromatic hydroxyl groups is 1. The third-order valence-electron chi connectivity index (χ3n) is 3.48. The fourth-order valence-corrected chi connectivity index (χ4v) is 2.31. The van der Waals surface area contributed by atoms with Crippen LogP contribution in [0.4, 0.5) is 5.95 Å². The number of hydrazone groups is 1. The molecule has 0 radical (unpaired) electrons. The first-order valence-electron chi connectivity index (χ1n) is 7.38. The monoisotopic (exact) mass is 320 g/mol. The summed E-state index contributed by atoms with van der Waals surface area (Å²) in [5, 5.41) is 14.3. The zero-order chi connectivity index (χ0) is 16.9. The van der Waals surface area contributed by atoms with Crippen molar-refractivity contribution in [2.75, 3.05) is 5.43 Å². The Morgan fingerprint density at radius 2 is 1.96 bits per heavy atom. The maximum Gasteiger partial charge on any atom is 0.263 e. The number of phenolic OH excluding ortho intramolecular Hbond substituents is 1. The van der Waals surface area contributed by atoms with Gasteiger partial charge in [0.25, 0.3) is 5.56 Å². The van der Waals surface area contributed by atoms with E-state index in [1.807, 2.05) is 6.07 Å². The number of para-hydroxylation sites is 2. The number of allylic oxidation sites excluding steroid dienone is 1. The maximum atomic E-state index is 12.6. The third kappa shape index (κ3) is 3.03. The number of hydrogen-bond donors (Lipinski definition) is 2. The molecule has 3 rings (SSSR count). The van der Waals surface area contributed by atoms with Crippen LogP contribution < -0.4 is 11.0 Å². The predicted molar refractivity (Wildman–Crippen MR) is 95.5 cm³/mol. The van der Waals surface area contributed by atoms with Gasteiger partial charge in [0, 0.05) is 12.1 Å². The minimum absolute atomic E-state index is 0.123. The molecule has 0 amide bonds. The van der Waals surface area contributed by atoms with Crippen LogP contribution in [-0.4, -0.2) is 20.9 Å². The van der Waals surface area contributed by atoms with Crippen molar-refractivity contribution in [1.29, 1.82) is 0 Å². The first-order chi connectivity index (χ1) is 11.7. The van der Waals surface area contributed by atoms with Gasteiger partial charge in [0.1, 0.15) is 5.75 Å². The van der Waals surface area contributed by atoms with E-state index in [4.69, 9.17) is 0 Å². The van der Waals surface area contributed by atoms with Gasteiger partial charge in [0.2, 0.25) is 5.95 Å². The Morgan fingerprint density at radius 3 is 2.75 bits per heavy atom. The topological polar surface area (TPSA) is 79.5 Å². The summed E-state index contributed by atoms with van der Waals surface area (Å²) in [6.07, 6.45) is 3.09. The van der Waals surface area contributed by atoms with E-state index in [0.717, 1.165) is 0 Å². The van der Waals surface area contributed by atoms with Crippen molar-refractivity contribution in [2.45, 2.75) is 6.54 Å². The average molecular weight is 320 g/mol. The van der Waals surface area contributed by atoms with E-state index in [9.17, 15) is 9.90 Å². The molecule has 0 aliphatic carbocycles. The van der Waals surface area contributed by atoms with E-state index in [1.54, 1.807) is 48.5 Å². The molecule has 0 aliphatic heterocycles. The smallest absolute Gasteiger partial charge is 0.263 e. The highest BCUT2D eigenvalue weighted by Gasteiger charge is 2.09. The van der Waals surface area contributed by atoms with Gasteiger partial charge in [-0.2, -0.15) is 5.10 Å².